The molecular weight excluding hydrogens is 262 g/mol. The van der Waals surface area contributed by atoms with Gasteiger partial charge in [-0.25, -0.2) is 4.98 Å². The summed E-state index contributed by atoms with van der Waals surface area (Å²) in [5.74, 6) is 0. The van der Waals surface area contributed by atoms with Crippen molar-refractivity contribution in [3.8, 4) is 0 Å². The number of hydrogen-bond donors (Lipinski definition) is 1. The Morgan fingerprint density at radius 3 is 3.10 bits per heavy atom. The van der Waals surface area contributed by atoms with Gasteiger partial charge in [-0.3, -0.25) is 10.1 Å². The Labute approximate surface area is 113 Å². The number of oxazole rings is 1. The van der Waals surface area contributed by atoms with Crippen LogP contribution in [-0.2, 0) is 6.54 Å². The molecule has 20 heavy (non-hydrogen) atoms. The summed E-state index contributed by atoms with van der Waals surface area (Å²) >= 11 is 0. The summed E-state index contributed by atoms with van der Waals surface area (Å²) < 4.78 is 7.34. The van der Waals surface area contributed by atoms with Crippen molar-refractivity contribution in [2.45, 2.75) is 6.54 Å². The van der Waals surface area contributed by atoms with Crippen molar-refractivity contribution in [1.82, 2.24) is 14.5 Å². The predicted octanol–water partition coefficient (Wildman–Crippen LogP) is 2.04. The molecule has 1 N–H and O–H groups in total. The summed E-state index contributed by atoms with van der Waals surface area (Å²) in [5.41, 5.74) is 0.962. The first-order valence-electron chi connectivity index (χ1n) is 5.97. The lowest BCUT2D eigenvalue weighted by Gasteiger charge is -2.01. The van der Waals surface area contributed by atoms with Crippen molar-refractivity contribution in [2.24, 2.45) is 0 Å². The molecule has 3 aromatic rings. The fourth-order valence-electron chi connectivity index (χ4n) is 1.81. The second-order valence-electron chi connectivity index (χ2n) is 4.16. The predicted molar refractivity (Wildman–Crippen MR) is 71.4 cm³/mol. The molecule has 1 aromatic carbocycles. The van der Waals surface area contributed by atoms with Crippen molar-refractivity contribution in [3.63, 3.8) is 0 Å². The molecule has 0 aliphatic rings. The minimum atomic E-state index is -0.464. The number of imidazole rings is 1. The van der Waals surface area contributed by atoms with Gasteiger partial charge >= 0.3 is 0 Å². The summed E-state index contributed by atoms with van der Waals surface area (Å²) in [5, 5.41) is 13.7. The maximum atomic E-state index is 10.7. The summed E-state index contributed by atoms with van der Waals surface area (Å²) in [6, 6.07) is 4.68. The molecule has 0 radical (unpaired) electrons. The molecule has 0 spiro atoms. The second-order valence-corrected chi connectivity index (χ2v) is 4.16. The number of rotatable bonds is 5. The van der Waals surface area contributed by atoms with E-state index in [0.717, 1.165) is 6.54 Å². The van der Waals surface area contributed by atoms with E-state index < -0.39 is 4.92 Å². The van der Waals surface area contributed by atoms with Crippen LogP contribution in [0.15, 0.2) is 41.3 Å². The fraction of sp³-hybridized carbons (Fsp3) is 0.167. The SMILES string of the molecule is O=[N+]([O-])c1ccc2nc(NCCn3ccnc3)oc2c1. The maximum Gasteiger partial charge on any atom is 0.295 e. The highest BCUT2D eigenvalue weighted by Crippen LogP contribution is 2.23. The van der Waals surface area contributed by atoms with Gasteiger partial charge in [-0.05, 0) is 6.07 Å². The number of benzene rings is 1. The normalized spacial score (nSPS) is 10.8. The Bertz CT molecular complexity index is 735. The molecule has 0 fully saturated rings. The van der Waals surface area contributed by atoms with Gasteiger partial charge in [0.2, 0.25) is 0 Å². The Hall–Kier alpha value is -2.90. The van der Waals surface area contributed by atoms with Crippen molar-refractivity contribution in [1.29, 1.82) is 0 Å². The number of nitro benzene ring substituents is 1. The van der Waals surface area contributed by atoms with Crippen LogP contribution in [-0.4, -0.2) is 26.0 Å². The first-order valence-corrected chi connectivity index (χ1v) is 5.97. The van der Waals surface area contributed by atoms with Crippen LogP contribution in [0.5, 0.6) is 0 Å². The van der Waals surface area contributed by atoms with Crippen LogP contribution in [0, 0.1) is 10.1 Å². The van der Waals surface area contributed by atoms with E-state index in [1.54, 1.807) is 18.6 Å². The topological polar surface area (TPSA) is 99.0 Å². The number of nitrogens with one attached hydrogen (secondary N) is 1. The lowest BCUT2D eigenvalue weighted by molar-refractivity contribution is -0.384. The number of anilines is 1. The molecule has 8 nitrogen and oxygen atoms in total. The Balaban J connectivity index is 1.70. The summed E-state index contributed by atoms with van der Waals surface area (Å²) in [7, 11) is 0. The van der Waals surface area contributed by atoms with Crippen molar-refractivity contribution < 1.29 is 9.34 Å². The van der Waals surface area contributed by atoms with E-state index in [-0.39, 0.29) is 5.69 Å². The van der Waals surface area contributed by atoms with Crippen molar-refractivity contribution in [3.05, 3.63) is 47.0 Å². The van der Waals surface area contributed by atoms with Crippen molar-refractivity contribution >= 4 is 22.8 Å². The van der Waals surface area contributed by atoms with Gasteiger partial charge < -0.3 is 14.3 Å². The molecule has 0 aliphatic heterocycles. The molecule has 0 saturated carbocycles. The first-order chi connectivity index (χ1) is 9.72. The van der Waals surface area contributed by atoms with E-state index in [4.69, 9.17) is 4.42 Å². The average molecular weight is 273 g/mol. The smallest absolute Gasteiger partial charge is 0.295 e. The van der Waals surface area contributed by atoms with E-state index in [2.05, 4.69) is 15.3 Å². The van der Waals surface area contributed by atoms with Crippen LogP contribution < -0.4 is 5.32 Å². The minimum absolute atomic E-state index is 0.0152. The van der Waals surface area contributed by atoms with Gasteiger partial charge in [0.1, 0.15) is 5.52 Å². The van der Waals surface area contributed by atoms with Crippen LogP contribution in [0.4, 0.5) is 11.7 Å². The molecule has 3 rings (SSSR count). The van der Waals surface area contributed by atoms with Crippen LogP contribution in [0.1, 0.15) is 0 Å². The van der Waals surface area contributed by atoms with Crippen LogP contribution >= 0.6 is 0 Å². The number of nitro groups is 1. The lowest BCUT2D eigenvalue weighted by Crippen LogP contribution is -2.09. The molecular formula is C12H11N5O3. The molecule has 0 bridgehead atoms. The maximum absolute atomic E-state index is 10.7. The highest BCUT2D eigenvalue weighted by molar-refractivity contribution is 5.77. The number of fused-ring (bicyclic) bond motifs is 1. The largest absolute Gasteiger partial charge is 0.423 e. The molecule has 8 heteroatoms. The molecule has 0 aliphatic carbocycles. The summed E-state index contributed by atoms with van der Waals surface area (Å²) in [6.07, 6.45) is 5.28. The minimum Gasteiger partial charge on any atom is -0.423 e. The van der Waals surface area contributed by atoms with Crippen LogP contribution in [0.3, 0.4) is 0 Å². The third-order valence-electron chi connectivity index (χ3n) is 2.79. The molecule has 0 saturated heterocycles. The third kappa shape index (κ3) is 2.44. The zero-order valence-electron chi connectivity index (χ0n) is 10.4. The van der Waals surface area contributed by atoms with Gasteiger partial charge in [0.25, 0.3) is 11.7 Å². The van der Waals surface area contributed by atoms with Crippen LogP contribution in [0.25, 0.3) is 11.1 Å². The zero-order valence-corrected chi connectivity index (χ0v) is 10.4. The van der Waals surface area contributed by atoms with E-state index in [9.17, 15) is 10.1 Å². The van der Waals surface area contributed by atoms with Gasteiger partial charge in [-0.2, -0.15) is 4.98 Å². The molecule has 102 valence electrons. The van der Waals surface area contributed by atoms with Gasteiger partial charge in [-0.1, -0.05) is 0 Å². The number of nitrogens with zero attached hydrogens (tertiary/aromatic N) is 4. The third-order valence-corrected chi connectivity index (χ3v) is 2.79. The Morgan fingerprint density at radius 2 is 2.35 bits per heavy atom. The number of aromatic nitrogens is 3. The number of hydrogen-bond acceptors (Lipinski definition) is 6. The quantitative estimate of drug-likeness (QED) is 0.564. The highest BCUT2D eigenvalue weighted by atomic mass is 16.6. The molecule has 0 unspecified atom stereocenters. The van der Waals surface area contributed by atoms with Gasteiger partial charge in [0.15, 0.2) is 5.58 Å². The molecule has 2 aromatic heterocycles. The van der Waals surface area contributed by atoms with E-state index >= 15 is 0 Å². The Kier molecular flexibility index (Phi) is 3.04. The monoisotopic (exact) mass is 273 g/mol. The first kappa shape index (κ1) is 12.2. The van der Waals surface area contributed by atoms with E-state index in [1.165, 1.54) is 12.1 Å². The zero-order chi connectivity index (χ0) is 13.9. The summed E-state index contributed by atoms with van der Waals surface area (Å²) in [6.45, 7) is 1.34. The second kappa shape index (κ2) is 5.00. The average Bonchev–Trinajstić information content (AvgIpc) is 3.06. The van der Waals surface area contributed by atoms with E-state index in [1.807, 2.05) is 10.8 Å². The lowest BCUT2D eigenvalue weighted by atomic mass is 10.3. The van der Waals surface area contributed by atoms with Gasteiger partial charge in [0.05, 0.1) is 17.3 Å². The number of non-ortho nitro benzene ring substituents is 1. The van der Waals surface area contributed by atoms with Gasteiger partial charge in [0, 0.05) is 31.5 Å². The molecule has 0 atom stereocenters. The van der Waals surface area contributed by atoms with E-state index in [0.29, 0.717) is 23.7 Å². The molecule has 2 heterocycles. The fourth-order valence-corrected chi connectivity index (χ4v) is 1.81. The van der Waals surface area contributed by atoms with Gasteiger partial charge in [-0.15, -0.1) is 0 Å². The van der Waals surface area contributed by atoms with Crippen LogP contribution in [0.2, 0.25) is 0 Å². The summed E-state index contributed by atoms with van der Waals surface area (Å²) in [4.78, 5) is 18.4. The standard InChI is InChI=1S/C12H11N5O3/c18-17(19)9-1-2-10-11(7-9)20-12(15-10)14-4-6-16-5-3-13-8-16/h1-3,5,7-8H,4,6H2,(H,14,15). The highest BCUT2D eigenvalue weighted by Gasteiger charge is 2.11. The molecule has 0 amide bonds. The Morgan fingerprint density at radius 1 is 1.45 bits per heavy atom. The van der Waals surface area contributed by atoms with Crippen molar-refractivity contribution in [2.75, 3.05) is 11.9 Å².